The van der Waals surface area contributed by atoms with Gasteiger partial charge in [-0.3, -0.25) is 0 Å². The van der Waals surface area contributed by atoms with E-state index in [0.29, 0.717) is 0 Å². The summed E-state index contributed by atoms with van der Waals surface area (Å²) in [6.45, 7) is 3.69. The van der Waals surface area contributed by atoms with E-state index in [1.807, 2.05) is 6.08 Å². The third-order valence-corrected chi connectivity index (χ3v) is 1.75. The van der Waals surface area contributed by atoms with Gasteiger partial charge in [-0.1, -0.05) is 29.9 Å². The summed E-state index contributed by atoms with van der Waals surface area (Å²) in [5.41, 5.74) is 1.57. The Labute approximate surface area is 62.9 Å². The molecular formula is C10H14. The highest BCUT2D eigenvalue weighted by Crippen LogP contribution is 2.16. The number of hydrogen-bond acceptors (Lipinski definition) is 0. The molecule has 0 aromatic rings. The fourth-order valence-corrected chi connectivity index (χ4v) is 1.15. The largest absolute Gasteiger partial charge is 0.103 e. The quantitative estimate of drug-likeness (QED) is 0.409. The highest BCUT2D eigenvalue weighted by Gasteiger charge is 1.96. The van der Waals surface area contributed by atoms with Gasteiger partial charge in [-0.15, -0.1) is 6.58 Å². The molecule has 0 fully saturated rings. The third kappa shape index (κ3) is 2.22. The van der Waals surface area contributed by atoms with Gasteiger partial charge in [0.1, 0.15) is 0 Å². The standard InChI is InChI=1S/C10H14/c1-2-3-4-7-10-8-5-6-9-10/h2,5-6,8H,1,3-4,7,9H2. The Morgan fingerprint density at radius 1 is 1.60 bits per heavy atom. The van der Waals surface area contributed by atoms with Gasteiger partial charge in [0.15, 0.2) is 0 Å². The minimum Gasteiger partial charge on any atom is -0.103 e. The Balaban J connectivity index is 2.09. The van der Waals surface area contributed by atoms with Crippen LogP contribution in [0.25, 0.3) is 0 Å². The van der Waals surface area contributed by atoms with Gasteiger partial charge in [0.25, 0.3) is 0 Å². The normalized spacial score (nSPS) is 15.4. The number of hydrogen-bond donors (Lipinski definition) is 0. The first-order valence-electron chi connectivity index (χ1n) is 3.89. The first-order valence-corrected chi connectivity index (χ1v) is 3.89. The van der Waals surface area contributed by atoms with Gasteiger partial charge >= 0.3 is 0 Å². The molecule has 0 aromatic heterocycles. The molecule has 0 atom stereocenters. The molecule has 0 saturated carbocycles. The van der Waals surface area contributed by atoms with Crippen molar-refractivity contribution in [3.8, 4) is 0 Å². The summed E-state index contributed by atoms with van der Waals surface area (Å²) >= 11 is 0. The Morgan fingerprint density at radius 2 is 2.50 bits per heavy atom. The van der Waals surface area contributed by atoms with Gasteiger partial charge in [-0.05, 0) is 25.7 Å². The maximum absolute atomic E-state index is 3.69. The fourth-order valence-electron chi connectivity index (χ4n) is 1.15. The van der Waals surface area contributed by atoms with Crippen molar-refractivity contribution in [2.75, 3.05) is 0 Å². The zero-order valence-electron chi connectivity index (χ0n) is 6.34. The van der Waals surface area contributed by atoms with Crippen molar-refractivity contribution < 1.29 is 0 Å². The van der Waals surface area contributed by atoms with E-state index in [0.717, 1.165) is 6.42 Å². The van der Waals surface area contributed by atoms with Gasteiger partial charge in [0.05, 0.1) is 0 Å². The van der Waals surface area contributed by atoms with Crippen LogP contribution in [0, 0.1) is 0 Å². The van der Waals surface area contributed by atoms with E-state index in [2.05, 4.69) is 24.8 Å². The van der Waals surface area contributed by atoms with Crippen molar-refractivity contribution >= 4 is 0 Å². The van der Waals surface area contributed by atoms with Gasteiger partial charge in [-0.25, -0.2) is 0 Å². The summed E-state index contributed by atoms with van der Waals surface area (Å²) < 4.78 is 0. The van der Waals surface area contributed by atoms with E-state index in [1.165, 1.54) is 19.3 Å². The first-order chi connectivity index (χ1) is 4.93. The molecule has 0 aromatic carbocycles. The van der Waals surface area contributed by atoms with Crippen molar-refractivity contribution in [3.05, 3.63) is 36.5 Å². The monoisotopic (exact) mass is 134 g/mol. The second-order valence-electron chi connectivity index (χ2n) is 2.64. The lowest BCUT2D eigenvalue weighted by Crippen LogP contribution is -1.77. The number of rotatable bonds is 4. The average Bonchev–Trinajstić information content (AvgIpc) is 2.41. The molecule has 1 aliphatic carbocycles. The molecule has 0 bridgehead atoms. The van der Waals surface area contributed by atoms with Crippen LogP contribution in [0.3, 0.4) is 0 Å². The lowest BCUT2D eigenvalue weighted by Gasteiger charge is -1.97. The average molecular weight is 134 g/mol. The van der Waals surface area contributed by atoms with Crippen molar-refractivity contribution in [1.82, 2.24) is 0 Å². The fraction of sp³-hybridized carbons (Fsp3) is 0.400. The Hall–Kier alpha value is -0.780. The Bertz CT molecular complexity index is 161. The molecule has 0 heterocycles. The molecule has 0 aliphatic heterocycles. The molecule has 1 rings (SSSR count). The van der Waals surface area contributed by atoms with Crippen LogP contribution in [0.15, 0.2) is 36.5 Å². The summed E-state index contributed by atoms with van der Waals surface area (Å²) in [6.07, 6.45) is 13.4. The van der Waals surface area contributed by atoms with E-state index >= 15 is 0 Å². The minimum absolute atomic E-state index is 1.15. The van der Waals surface area contributed by atoms with Crippen LogP contribution in [0.1, 0.15) is 25.7 Å². The molecule has 0 amide bonds. The summed E-state index contributed by atoms with van der Waals surface area (Å²) in [5, 5.41) is 0. The molecule has 0 radical (unpaired) electrons. The number of allylic oxidation sites excluding steroid dienone is 5. The molecule has 0 spiro atoms. The molecule has 1 aliphatic rings. The minimum atomic E-state index is 1.15. The van der Waals surface area contributed by atoms with Crippen LogP contribution in [-0.2, 0) is 0 Å². The molecular weight excluding hydrogens is 120 g/mol. The highest BCUT2D eigenvalue weighted by molar-refractivity contribution is 5.22. The van der Waals surface area contributed by atoms with E-state index in [9.17, 15) is 0 Å². The van der Waals surface area contributed by atoms with Crippen LogP contribution in [0.5, 0.6) is 0 Å². The van der Waals surface area contributed by atoms with Gasteiger partial charge in [-0.2, -0.15) is 0 Å². The van der Waals surface area contributed by atoms with Crippen molar-refractivity contribution in [1.29, 1.82) is 0 Å². The van der Waals surface area contributed by atoms with Crippen LogP contribution in [-0.4, -0.2) is 0 Å². The lowest BCUT2D eigenvalue weighted by molar-refractivity contribution is 0.822. The molecule has 0 nitrogen and oxygen atoms in total. The van der Waals surface area contributed by atoms with Gasteiger partial charge in [0.2, 0.25) is 0 Å². The highest BCUT2D eigenvalue weighted by atomic mass is 14.0. The molecule has 0 heteroatoms. The zero-order valence-corrected chi connectivity index (χ0v) is 6.34. The zero-order chi connectivity index (χ0) is 7.23. The SMILES string of the molecule is C=CCCCC1=CC=CC1. The Kier molecular flexibility index (Phi) is 3.01. The van der Waals surface area contributed by atoms with Crippen LogP contribution >= 0.6 is 0 Å². The second kappa shape index (κ2) is 4.10. The molecule has 0 unspecified atom stereocenters. The topological polar surface area (TPSA) is 0 Å². The molecule has 0 N–H and O–H groups in total. The van der Waals surface area contributed by atoms with Crippen LogP contribution in [0.2, 0.25) is 0 Å². The third-order valence-electron chi connectivity index (χ3n) is 1.75. The van der Waals surface area contributed by atoms with Crippen molar-refractivity contribution in [3.63, 3.8) is 0 Å². The second-order valence-corrected chi connectivity index (χ2v) is 2.64. The molecule has 10 heavy (non-hydrogen) atoms. The van der Waals surface area contributed by atoms with Gasteiger partial charge < -0.3 is 0 Å². The smallest absolute Gasteiger partial charge is 0.0133 e. The van der Waals surface area contributed by atoms with E-state index in [1.54, 1.807) is 5.57 Å². The summed E-state index contributed by atoms with van der Waals surface area (Å²) in [5.74, 6) is 0. The van der Waals surface area contributed by atoms with Gasteiger partial charge in [0, 0.05) is 0 Å². The van der Waals surface area contributed by atoms with Crippen molar-refractivity contribution in [2.24, 2.45) is 0 Å². The van der Waals surface area contributed by atoms with E-state index < -0.39 is 0 Å². The van der Waals surface area contributed by atoms with E-state index in [4.69, 9.17) is 0 Å². The van der Waals surface area contributed by atoms with Crippen LogP contribution < -0.4 is 0 Å². The Morgan fingerprint density at radius 3 is 3.10 bits per heavy atom. The molecule has 54 valence electrons. The summed E-state index contributed by atoms with van der Waals surface area (Å²) in [6, 6.07) is 0. The van der Waals surface area contributed by atoms with E-state index in [-0.39, 0.29) is 0 Å². The number of unbranched alkanes of at least 4 members (excludes halogenated alkanes) is 1. The predicted molar refractivity (Wildman–Crippen MR) is 45.9 cm³/mol. The maximum atomic E-state index is 3.69. The first kappa shape index (κ1) is 7.33. The molecule has 0 saturated heterocycles. The lowest BCUT2D eigenvalue weighted by atomic mass is 10.1. The maximum Gasteiger partial charge on any atom is -0.0133 e. The summed E-state index contributed by atoms with van der Waals surface area (Å²) in [7, 11) is 0. The predicted octanol–water partition coefficient (Wildman–Crippen LogP) is 3.23. The summed E-state index contributed by atoms with van der Waals surface area (Å²) in [4.78, 5) is 0. The van der Waals surface area contributed by atoms with Crippen LogP contribution in [0.4, 0.5) is 0 Å². The van der Waals surface area contributed by atoms with Crippen molar-refractivity contribution in [2.45, 2.75) is 25.7 Å².